The van der Waals surface area contributed by atoms with Crippen molar-refractivity contribution < 1.29 is 19.0 Å². The molecule has 0 bridgehead atoms. The first-order valence-corrected chi connectivity index (χ1v) is 7.66. The molecule has 0 saturated heterocycles. The zero-order chi connectivity index (χ0) is 16.4. The molecule has 0 radical (unpaired) electrons. The SMILES string of the molecule is OCC1c2ccccc2CCN1CC(O)c1ccc(F)c(F)c1. The van der Waals surface area contributed by atoms with Crippen molar-refractivity contribution in [2.45, 2.75) is 18.6 Å². The van der Waals surface area contributed by atoms with Crippen LogP contribution in [0.1, 0.15) is 28.8 Å². The molecule has 1 aliphatic rings. The third kappa shape index (κ3) is 3.27. The number of aliphatic hydroxyl groups is 2. The van der Waals surface area contributed by atoms with Crippen molar-refractivity contribution in [3.05, 3.63) is 70.8 Å². The molecule has 0 saturated carbocycles. The van der Waals surface area contributed by atoms with Gasteiger partial charge in [0.2, 0.25) is 0 Å². The van der Waals surface area contributed by atoms with Gasteiger partial charge in [-0.2, -0.15) is 0 Å². The quantitative estimate of drug-likeness (QED) is 0.910. The summed E-state index contributed by atoms with van der Waals surface area (Å²) in [6, 6.07) is 11.1. The Morgan fingerprint density at radius 3 is 2.65 bits per heavy atom. The van der Waals surface area contributed by atoms with Crippen molar-refractivity contribution >= 4 is 0 Å². The Kier molecular flexibility index (Phi) is 4.71. The summed E-state index contributed by atoms with van der Waals surface area (Å²) >= 11 is 0. The molecule has 2 aromatic carbocycles. The van der Waals surface area contributed by atoms with E-state index in [1.807, 2.05) is 29.2 Å². The molecule has 0 fully saturated rings. The van der Waals surface area contributed by atoms with Gasteiger partial charge in [0.1, 0.15) is 0 Å². The fraction of sp³-hybridized carbons (Fsp3) is 0.333. The number of fused-ring (bicyclic) bond motifs is 1. The van der Waals surface area contributed by atoms with Crippen LogP contribution in [0.3, 0.4) is 0 Å². The van der Waals surface area contributed by atoms with E-state index in [2.05, 4.69) is 0 Å². The van der Waals surface area contributed by atoms with Crippen LogP contribution in [0.4, 0.5) is 8.78 Å². The summed E-state index contributed by atoms with van der Waals surface area (Å²) < 4.78 is 26.3. The fourth-order valence-corrected chi connectivity index (χ4v) is 3.18. The topological polar surface area (TPSA) is 43.7 Å². The van der Waals surface area contributed by atoms with Gasteiger partial charge in [0.05, 0.1) is 18.8 Å². The molecule has 1 aliphatic heterocycles. The highest BCUT2D eigenvalue weighted by Gasteiger charge is 2.28. The molecule has 0 aliphatic carbocycles. The summed E-state index contributed by atoms with van der Waals surface area (Å²) in [6.45, 7) is 0.898. The maximum Gasteiger partial charge on any atom is 0.159 e. The summed E-state index contributed by atoms with van der Waals surface area (Å²) in [6.07, 6.45) is -0.110. The molecule has 1 heterocycles. The van der Waals surface area contributed by atoms with Crippen molar-refractivity contribution in [2.24, 2.45) is 0 Å². The molecule has 23 heavy (non-hydrogen) atoms. The average Bonchev–Trinajstić information content (AvgIpc) is 2.57. The average molecular weight is 319 g/mol. The third-order valence-electron chi connectivity index (χ3n) is 4.43. The van der Waals surface area contributed by atoms with Crippen LogP contribution in [0.15, 0.2) is 42.5 Å². The highest BCUT2D eigenvalue weighted by Crippen LogP contribution is 2.31. The van der Waals surface area contributed by atoms with Crippen LogP contribution in [0.5, 0.6) is 0 Å². The largest absolute Gasteiger partial charge is 0.394 e. The van der Waals surface area contributed by atoms with Gasteiger partial charge in [-0.15, -0.1) is 0 Å². The number of rotatable bonds is 4. The molecule has 2 atom stereocenters. The third-order valence-corrected chi connectivity index (χ3v) is 4.43. The molecule has 2 N–H and O–H groups in total. The minimum absolute atomic E-state index is 0.0541. The summed E-state index contributed by atoms with van der Waals surface area (Å²) in [5.74, 6) is -1.90. The van der Waals surface area contributed by atoms with Gasteiger partial charge < -0.3 is 10.2 Å². The van der Waals surface area contributed by atoms with E-state index in [-0.39, 0.29) is 19.2 Å². The van der Waals surface area contributed by atoms with Crippen LogP contribution in [0.25, 0.3) is 0 Å². The number of halogens is 2. The van der Waals surface area contributed by atoms with Crippen LogP contribution in [-0.2, 0) is 6.42 Å². The van der Waals surface area contributed by atoms with E-state index in [1.54, 1.807) is 0 Å². The predicted octanol–water partition coefficient (Wildman–Crippen LogP) is 2.59. The van der Waals surface area contributed by atoms with Crippen LogP contribution >= 0.6 is 0 Å². The van der Waals surface area contributed by atoms with E-state index in [9.17, 15) is 19.0 Å². The molecule has 2 aromatic rings. The number of hydrogen-bond donors (Lipinski definition) is 2. The van der Waals surface area contributed by atoms with Gasteiger partial charge in [-0.05, 0) is 35.2 Å². The Bertz CT molecular complexity index is 692. The lowest BCUT2D eigenvalue weighted by atomic mass is 9.92. The monoisotopic (exact) mass is 319 g/mol. The van der Waals surface area contributed by atoms with Crippen LogP contribution < -0.4 is 0 Å². The molecule has 3 rings (SSSR count). The maximum absolute atomic E-state index is 13.3. The summed E-state index contributed by atoms with van der Waals surface area (Å²) in [5, 5.41) is 20.1. The minimum Gasteiger partial charge on any atom is -0.394 e. The van der Waals surface area contributed by atoms with E-state index < -0.39 is 17.7 Å². The minimum atomic E-state index is -0.968. The lowest BCUT2D eigenvalue weighted by Gasteiger charge is -2.37. The van der Waals surface area contributed by atoms with E-state index in [1.165, 1.54) is 11.6 Å². The molecular formula is C18H19F2NO2. The van der Waals surface area contributed by atoms with Crippen molar-refractivity contribution in [3.8, 4) is 0 Å². The zero-order valence-electron chi connectivity index (χ0n) is 12.6. The Balaban J connectivity index is 1.78. The first kappa shape index (κ1) is 16.1. The van der Waals surface area contributed by atoms with E-state index >= 15 is 0 Å². The van der Waals surface area contributed by atoms with E-state index in [0.717, 1.165) is 24.1 Å². The normalized spacial score (nSPS) is 19.4. The van der Waals surface area contributed by atoms with Crippen LogP contribution in [0, 0.1) is 11.6 Å². The number of hydrogen-bond acceptors (Lipinski definition) is 3. The first-order chi connectivity index (χ1) is 11.1. The van der Waals surface area contributed by atoms with Crippen LogP contribution in [-0.4, -0.2) is 34.8 Å². The molecule has 0 aromatic heterocycles. The summed E-state index contributed by atoms with van der Waals surface area (Å²) in [5.41, 5.74) is 2.59. The van der Waals surface area contributed by atoms with Gasteiger partial charge in [0, 0.05) is 13.1 Å². The van der Waals surface area contributed by atoms with Gasteiger partial charge in [0.15, 0.2) is 11.6 Å². The van der Waals surface area contributed by atoms with Gasteiger partial charge in [-0.25, -0.2) is 8.78 Å². The van der Waals surface area contributed by atoms with E-state index in [0.29, 0.717) is 12.1 Å². The second-order valence-corrected chi connectivity index (χ2v) is 5.83. The van der Waals surface area contributed by atoms with Crippen LogP contribution in [0.2, 0.25) is 0 Å². The number of aliphatic hydroxyl groups excluding tert-OH is 2. The van der Waals surface area contributed by atoms with Gasteiger partial charge >= 0.3 is 0 Å². The number of nitrogens with zero attached hydrogens (tertiary/aromatic N) is 1. The van der Waals surface area contributed by atoms with Gasteiger partial charge in [0.25, 0.3) is 0 Å². The maximum atomic E-state index is 13.3. The predicted molar refractivity (Wildman–Crippen MR) is 82.9 cm³/mol. The number of β-amino-alcohol motifs (C(OH)–C–C–N with tert-alkyl or cyclic N) is 1. The Morgan fingerprint density at radius 1 is 1.13 bits per heavy atom. The molecule has 122 valence electrons. The molecule has 3 nitrogen and oxygen atoms in total. The Labute approximate surface area is 133 Å². The number of benzene rings is 2. The smallest absolute Gasteiger partial charge is 0.159 e. The lowest BCUT2D eigenvalue weighted by molar-refractivity contribution is 0.0560. The van der Waals surface area contributed by atoms with Crippen molar-refractivity contribution in [2.75, 3.05) is 19.7 Å². The standard InChI is InChI=1S/C18H19F2NO2/c19-15-6-5-13(9-16(15)20)18(23)10-21-8-7-12-3-1-2-4-14(12)17(21)11-22/h1-6,9,17-18,22-23H,7-8,10-11H2. The molecule has 2 unspecified atom stereocenters. The first-order valence-electron chi connectivity index (χ1n) is 7.66. The second-order valence-electron chi connectivity index (χ2n) is 5.83. The highest BCUT2D eigenvalue weighted by molar-refractivity contribution is 5.33. The van der Waals surface area contributed by atoms with Crippen molar-refractivity contribution in [3.63, 3.8) is 0 Å². The Hall–Kier alpha value is -1.82. The van der Waals surface area contributed by atoms with Gasteiger partial charge in [-0.3, -0.25) is 4.90 Å². The summed E-state index contributed by atoms with van der Waals surface area (Å²) in [7, 11) is 0. The lowest BCUT2D eigenvalue weighted by Crippen LogP contribution is -2.39. The van der Waals surface area contributed by atoms with E-state index in [4.69, 9.17) is 0 Å². The molecular weight excluding hydrogens is 300 g/mol. The second kappa shape index (κ2) is 6.74. The van der Waals surface area contributed by atoms with Gasteiger partial charge in [-0.1, -0.05) is 30.3 Å². The zero-order valence-corrected chi connectivity index (χ0v) is 12.6. The fourth-order valence-electron chi connectivity index (χ4n) is 3.18. The molecule has 5 heteroatoms. The molecule has 0 spiro atoms. The summed E-state index contributed by atoms with van der Waals surface area (Å²) in [4.78, 5) is 1.98. The Morgan fingerprint density at radius 2 is 1.91 bits per heavy atom. The van der Waals surface area contributed by atoms with Crippen molar-refractivity contribution in [1.29, 1.82) is 0 Å². The molecule has 0 amide bonds. The van der Waals surface area contributed by atoms with Crippen molar-refractivity contribution in [1.82, 2.24) is 4.90 Å². The highest BCUT2D eigenvalue weighted by atomic mass is 19.2.